The molecule has 0 radical (unpaired) electrons. The minimum absolute atomic E-state index is 0.00522. The number of fused-ring (bicyclic) bond motifs is 1. The normalized spacial score (nSPS) is 10.2. The molecule has 100 valence electrons. The van der Waals surface area contributed by atoms with Gasteiger partial charge < -0.3 is 10.2 Å². The number of carboxylic acids is 2. The van der Waals surface area contributed by atoms with Gasteiger partial charge in [0.2, 0.25) is 0 Å². The Kier molecular flexibility index (Phi) is 3.39. The lowest BCUT2D eigenvalue weighted by Crippen LogP contribution is -1.99. The minimum Gasteiger partial charge on any atom is -0.478 e. The third-order valence-corrected chi connectivity index (χ3v) is 3.05. The molecule has 2 aromatic rings. The van der Waals surface area contributed by atoms with Crippen molar-refractivity contribution in [2.75, 3.05) is 0 Å². The average Bonchev–Trinajstić information content (AvgIpc) is 2.44. The predicted octanol–water partition coefficient (Wildman–Crippen LogP) is 3.04. The number of rotatable bonds is 4. The fraction of sp³-hybridized carbons (Fsp3) is 0. The van der Waals surface area contributed by atoms with Crippen molar-refractivity contribution < 1.29 is 19.8 Å². The Morgan fingerprint density at radius 3 is 1.50 bits per heavy atom. The first-order valence-corrected chi connectivity index (χ1v) is 5.79. The van der Waals surface area contributed by atoms with Gasteiger partial charge in [0.05, 0.1) is 11.1 Å². The van der Waals surface area contributed by atoms with E-state index in [0.717, 1.165) is 10.8 Å². The SMILES string of the molecule is C=C(C(=O)O)c1ccc2ccc(C(=C)C(=O)O)cc2c1. The molecule has 0 aromatic heterocycles. The molecule has 0 aliphatic rings. The van der Waals surface area contributed by atoms with Gasteiger partial charge in [0, 0.05) is 0 Å². The third kappa shape index (κ3) is 2.44. The number of carbonyl (C=O) groups is 2. The van der Waals surface area contributed by atoms with E-state index in [1.54, 1.807) is 36.4 Å². The summed E-state index contributed by atoms with van der Waals surface area (Å²) < 4.78 is 0. The third-order valence-electron chi connectivity index (χ3n) is 3.05. The van der Waals surface area contributed by atoms with Crippen LogP contribution in [0, 0.1) is 0 Å². The van der Waals surface area contributed by atoms with Crippen LogP contribution in [0.15, 0.2) is 49.6 Å². The summed E-state index contributed by atoms with van der Waals surface area (Å²) in [5, 5.41) is 19.5. The van der Waals surface area contributed by atoms with Gasteiger partial charge in [0.25, 0.3) is 0 Å². The van der Waals surface area contributed by atoms with E-state index in [-0.39, 0.29) is 11.1 Å². The van der Waals surface area contributed by atoms with Crippen molar-refractivity contribution in [2.45, 2.75) is 0 Å². The Morgan fingerprint density at radius 2 is 1.15 bits per heavy atom. The van der Waals surface area contributed by atoms with Crippen molar-refractivity contribution in [2.24, 2.45) is 0 Å². The highest BCUT2D eigenvalue weighted by Crippen LogP contribution is 2.24. The molecule has 2 aromatic carbocycles. The molecule has 0 saturated carbocycles. The number of benzene rings is 2. The minimum atomic E-state index is -1.09. The molecule has 2 N–H and O–H groups in total. The Morgan fingerprint density at radius 1 is 0.750 bits per heavy atom. The Balaban J connectivity index is 2.55. The maximum atomic E-state index is 10.9. The Hall–Kier alpha value is -2.88. The van der Waals surface area contributed by atoms with Gasteiger partial charge in [0.1, 0.15) is 0 Å². The monoisotopic (exact) mass is 268 g/mol. The van der Waals surface area contributed by atoms with Crippen molar-refractivity contribution in [3.8, 4) is 0 Å². The van der Waals surface area contributed by atoms with Crippen molar-refractivity contribution >= 4 is 33.9 Å². The highest BCUT2D eigenvalue weighted by Gasteiger charge is 2.10. The molecule has 2 rings (SSSR count). The van der Waals surface area contributed by atoms with E-state index in [0.29, 0.717) is 11.1 Å². The van der Waals surface area contributed by atoms with Crippen molar-refractivity contribution in [1.29, 1.82) is 0 Å². The molecule has 0 saturated heterocycles. The second kappa shape index (κ2) is 5.01. The summed E-state index contributed by atoms with van der Waals surface area (Å²) in [6, 6.07) is 10.2. The fourth-order valence-corrected chi connectivity index (χ4v) is 1.87. The molecule has 4 heteroatoms. The largest absolute Gasteiger partial charge is 0.478 e. The maximum Gasteiger partial charge on any atom is 0.335 e. The lowest BCUT2D eigenvalue weighted by molar-refractivity contribution is -0.131. The smallest absolute Gasteiger partial charge is 0.335 e. The van der Waals surface area contributed by atoms with E-state index in [9.17, 15) is 9.59 Å². The fourth-order valence-electron chi connectivity index (χ4n) is 1.87. The second-order valence-electron chi connectivity index (χ2n) is 4.34. The summed E-state index contributed by atoms with van der Waals surface area (Å²) in [7, 11) is 0. The van der Waals surface area contributed by atoms with Gasteiger partial charge in [-0.15, -0.1) is 0 Å². The van der Waals surface area contributed by atoms with Gasteiger partial charge >= 0.3 is 11.9 Å². The Bertz CT molecular complexity index is 695. The molecule has 0 aliphatic carbocycles. The standard InChI is InChI=1S/C16H12O4/c1-9(15(17)18)12-5-3-11-4-6-13(8-14(11)7-12)10(2)16(19)20/h3-8H,1-2H2,(H,17,18)(H,19,20). The molecular weight excluding hydrogens is 256 g/mol. The van der Waals surface area contributed by atoms with Crippen LogP contribution in [0.4, 0.5) is 0 Å². The van der Waals surface area contributed by atoms with E-state index in [2.05, 4.69) is 13.2 Å². The van der Waals surface area contributed by atoms with E-state index >= 15 is 0 Å². The van der Waals surface area contributed by atoms with Gasteiger partial charge in [-0.2, -0.15) is 0 Å². The maximum absolute atomic E-state index is 10.9. The summed E-state index contributed by atoms with van der Waals surface area (Å²) in [4.78, 5) is 21.8. The summed E-state index contributed by atoms with van der Waals surface area (Å²) in [6.45, 7) is 7.01. The van der Waals surface area contributed by atoms with Crippen molar-refractivity contribution in [3.63, 3.8) is 0 Å². The Labute approximate surface area is 115 Å². The van der Waals surface area contributed by atoms with Gasteiger partial charge in [-0.1, -0.05) is 37.4 Å². The number of carboxylic acid groups (broad SMARTS) is 2. The van der Waals surface area contributed by atoms with Gasteiger partial charge in [-0.25, -0.2) is 9.59 Å². The van der Waals surface area contributed by atoms with E-state index in [1.165, 1.54) is 0 Å². The lowest BCUT2D eigenvalue weighted by Gasteiger charge is -2.06. The molecule has 0 bridgehead atoms. The van der Waals surface area contributed by atoms with Crippen LogP contribution in [-0.2, 0) is 9.59 Å². The zero-order valence-electron chi connectivity index (χ0n) is 10.6. The van der Waals surface area contributed by atoms with Crippen LogP contribution >= 0.6 is 0 Å². The highest BCUT2D eigenvalue weighted by atomic mass is 16.4. The topological polar surface area (TPSA) is 74.6 Å². The molecule has 0 amide bonds. The van der Waals surface area contributed by atoms with Crippen LogP contribution in [-0.4, -0.2) is 22.2 Å². The highest BCUT2D eigenvalue weighted by molar-refractivity contribution is 6.16. The van der Waals surface area contributed by atoms with E-state index < -0.39 is 11.9 Å². The van der Waals surface area contributed by atoms with E-state index in [1.807, 2.05) is 0 Å². The lowest BCUT2D eigenvalue weighted by atomic mass is 9.98. The van der Waals surface area contributed by atoms with Gasteiger partial charge in [-0.05, 0) is 34.0 Å². The summed E-state index contributed by atoms with van der Waals surface area (Å²) >= 11 is 0. The second-order valence-corrected chi connectivity index (χ2v) is 4.34. The summed E-state index contributed by atoms with van der Waals surface area (Å²) in [5.74, 6) is -2.18. The zero-order chi connectivity index (χ0) is 14.9. The van der Waals surface area contributed by atoms with Crippen LogP contribution in [0.1, 0.15) is 11.1 Å². The predicted molar refractivity (Wildman–Crippen MR) is 77.3 cm³/mol. The summed E-state index contributed by atoms with van der Waals surface area (Å²) in [5.41, 5.74) is 0.968. The molecule has 0 heterocycles. The van der Waals surface area contributed by atoms with Crippen molar-refractivity contribution in [1.82, 2.24) is 0 Å². The molecule has 0 spiro atoms. The van der Waals surface area contributed by atoms with Crippen LogP contribution in [0.2, 0.25) is 0 Å². The first-order valence-electron chi connectivity index (χ1n) is 5.79. The molecule has 0 aliphatic heterocycles. The van der Waals surface area contributed by atoms with E-state index in [4.69, 9.17) is 10.2 Å². The first kappa shape index (κ1) is 13.5. The van der Waals surface area contributed by atoms with Gasteiger partial charge in [0.15, 0.2) is 0 Å². The molecule has 0 fully saturated rings. The van der Waals surface area contributed by atoms with Gasteiger partial charge in [-0.3, -0.25) is 0 Å². The number of aliphatic carboxylic acids is 2. The molecular formula is C16H12O4. The first-order chi connectivity index (χ1) is 9.40. The molecule has 4 nitrogen and oxygen atoms in total. The average molecular weight is 268 g/mol. The number of hydrogen-bond donors (Lipinski definition) is 2. The molecule has 0 atom stereocenters. The quantitative estimate of drug-likeness (QED) is 0.836. The van der Waals surface area contributed by atoms with Crippen LogP contribution in [0.5, 0.6) is 0 Å². The van der Waals surface area contributed by atoms with Crippen LogP contribution in [0.25, 0.3) is 21.9 Å². The zero-order valence-corrected chi connectivity index (χ0v) is 10.6. The molecule has 0 unspecified atom stereocenters. The number of hydrogen-bond acceptors (Lipinski definition) is 2. The van der Waals surface area contributed by atoms with Crippen LogP contribution in [0.3, 0.4) is 0 Å². The summed E-state index contributed by atoms with van der Waals surface area (Å²) in [6.07, 6.45) is 0. The molecule has 20 heavy (non-hydrogen) atoms. The van der Waals surface area contributed by atoms with Crippen molar-refractivity contribution in [3.05, 3.63) is 60.7 Å². The van der Waals surface area contributed by atoms with Crippen LogP contribution < -0.4 is 0 Å².